The first-order valence-electron chi connectivity index (χ1n) is 7.05. The summed E-state index contributed by atoms with van der Waals surface area (Å²) in [5.41, 5.74) is 6.72. The molecule has 8 heteroatoms. The number of benzene rings is 3. The summed E-state index contributed by atoms with van der Waals surface area (Å²) in [6.07, 6.45) is 0. The Kier molecular flexibility index (Phi) is 3.86. The van der Waals surface area contributed by atoms with Crippen molar-refractivity contribution in [3.05, 3.63) is 54.1 Å². The smallest absolute Gasteiger partial charge is 0.335 e. The summed E-state index contributed by atoms with van der Waals surface area (Å²) in [6.45, 7) is 0. The Morgan fingerprint density at radius 1 is 0.960 bits per heavy atom. The molecule has 128 valence electrons. The fourth-order valence-corrected chi connectivity index (χ4v) is 3.22. The van der Waals surface area contributed by atoms with E-state index in [1.54, 1.807) is 30.3 Å². The second-order valence-corrected chi connectivity index (χ2v) is 6.82. The fourth-order valence-electron chi connectivity index (χ4n) is 2.57. The van der Waals surface area contributed by atoms with Gasteiger partial charge in [0.2, 0.25) is 0 Å². The van der Waals surface area contributed by atoms with Gasteiger partial charge in [0.25, 0.3) is 10.1 Å². The van der Waals surface area contributed by atoms with E-state index in [-0.39, 0.29) is 5.56 Å². The molecule has 0 aliphatic carbocycles. The number of nitrogens with two attached hydrogens (primary N) is 1. The van der Waals surface area contributed by atoms with Crippen LogP contribution in [0.15, 0.2) is 53.4 Å². The Labute approximate surface area is 142 Å². The predicted molar refractivity (Wildman–Crippen MR) is 92.2 cm³/mol. The monoisotopic (exact) mass is 359 g/mol. The van der Waals surface area contributed by atoms with E-state index in [0.29, 0.717) is 21.9 Å². The number of phenols is 1. The van der Waals surface area contributed by atoms with Gasteiger partial charge in [0.05, 0.1) is 11.3 Å². The number of aromatic carboxylic acids is 1. The summed E-state index contributed by atoms with van der Waals surface area (Å²) < 4.78 is 31.9. The molecular weight excluding hydrogens is 346 g/mol. The molecule has 0 atom stereocenters. The first-order chi connectivity index (χ1) is 11.7. The molecule has 0 aliphatic heterocycles. The van der Waals surface area contributed by atoms with Crippen LogP contribution in [0.25, 0.3) is 21.9 Å². The van der Waals surface area contributed by atoms with Crippen molar-refractivity contribution in [2.24, 2.45) is 0 Å². The Hall–Kier alpha value is -3.10. The highest BCUT2D eigenvalue weighted by molar-refractivity contribution is 7.86. The van der Waals surface area contributed by atoms with Crippen LogP contribution in [-0.4, -0.2) is 29.2 Å². The fraction of sp³-hybridized carbons (Fsp3) is 0. The van der Waals surface area contributed by atoms with Gasteiger partial charge in [0, 0.05) is 5.39 Å². The van der Waals surface area contributed by atoms with Crippen LogP contribution >= 0.6 is 0 Å². The highest BCUT2D eigenvalue weighted by Gasteiger charge is 2.19. The third-order valence-electron chi connectivity index (χ3n) is 3.86. The minimum absolute atomic E-state index is 0.148. The third kappa shape index (κ3) is 3.00. The quantitative estimate of drug-likeness (QED) is 0.320. The molecule has 5 N–H and O–H groups in total. The van der Waals surface area contributed by atoms with Crippen molar-refractivity contribution in [3.8, 4) is 16.9 Å². The van der Waals surface area contributed by atoms with Crippen molar-refractivity contribution in [1.82, 2.24) is 0 Å². The number of phenolic OH excluding ortho intramolecular Hbond substituents is 1. The molecule has 25 heavy (non-hydrogen) atoms. The Morgan fingerprint density at radius 2 is 1.56 bits per heavy atom. The molecule has 3 aromatic rings. The number of carboxylic acids is 1. The molecule has 0 amide bonds. The van der Waals surface area contributed by atoms with E-state index < -0.39 is 32.4 Å². The molecule has 0 unspecified atom stereocenters. The number of rotatable bonds is 3. The van der Waals surface area contributed by atoms with Crippen LogP contribution in [0.5, 0.6) is 5.75 Å². The molecular formula is C17H13NO6S. The van der Waals surface area contributed by atoms with Crippen LogP contribution < -0.4 is 5.73 Å². The molecule has 0 saturated carbocycles. The number of carbonyl (C=O) groups is 1. The number of hydrogen-bond acceptors (Lipinski definition) is 5. The van der Waals surface area contributed by atoms with Gasteiger partial charge in [-0.25, -0.2) is 4.79 Å². The number of nitrogen functional groups attached to an aromatic ring is 1. The van der Waals surface area contributed by atoms with Crippen LogP contribution in [0, 0.1) is 0 Å². The van der Waals surface area contributed by atoms with Crippen molar-refractivity contribution in [1.29, 1.82) is 0 Å². The zero-order chi connectivity index (χ0) is 18.4. The average molecular weight is 359 g/mol. The minimum Gasteiger partial charge on any atom is -0.505 e. The molecule has 0 heterocycles. The topological polar surface area (TPSA) is 138 Å². The number of anilines is 1. The zero-order valence-corrected chi connectivity index (χ0v) is 13.5. The van der Waals surface area contributed by atoms with Crippen LogP contribution in [-0.2, 0) is 10.1 Å². The first kappa shape index (κ1) is 16.7. The van der Waals surface area contributed by atoms with E-state index >= 15 is 0 Å². The maximum absolute atomic E-state index is 11.3. The minimum atomic E-state index is -4.56. The molecule has 0 spiro atoms. The molecule has 0 saturated heterocycles. The molecule has 3 aromatic carbocycles. The second kappa shape index (κ2) is 5.76. The SMILES string of the molecule is Nc1c(S(=O)(=O)O)cc2ccc(-c3ccc(C(=O)O)cc3)cc2c1O. The van der Waals surface area contributed by atoms with Crippen molar-refractivity contribution in [3.63, 3.8) is 0 Å². The molecule has 0 aromatic heterocycles. The Balaban J connectivity index is 2.18. The van der Waals surface area contributed by atoms with Crippen molar-refractivity contribution in [2.45, 2.75) is 4.90 Å². The number of fused-ring (bicyclic) bond motifs is 1. The third-order valence-corrected chi connectivity index (χ3v) is 4.75. The predicted octanol–water partition coefficient (Wildman–Crippen LogP) is 2.74. The van der Waals surface area contributed by atoms with Crippen molar-refractivity contribution in [2.75, 3.05) is 5.73 Å². The van der Waals surface area contributed by atoms with Gasteiger partial charge in [-0.1, -0.05) is 24.3 Å². The lowest BCUT2D eigenvalue weighted by Gasteiger charge is -2.11. The molecule has 0 aliphatic rings. The average Bonchev–Trinajstić information content (AvgIpc) is 2.57. The molecule has 0 bridgehead atoms. The highest BCUT2D eigenvalue weighted by atomic mass is 32.2. The summed E-state index contributed by atoms with van der Waals surface area (Å²) in [4.78, 5) is 10.3. The van der Waals surface area contributed by atoms with E-state index in [0.717, 1.165) is 0 Å². The van der Waals surface area contributed by atoms with Gasteiger partial charge in [-0.3, -0.25) is 4.55 Å². The van der Waals surface area contributed by atoms with E-state index in [2.05, 4.69) is 0 Å². The van der Waals surface area contributed by atoms with Gasteiger partial charge in [-0.05, 0) is 40.8 Å². The zero-order valence-electron chi connectivity index (χ0n) is 12.7. The summed E-state index contributed by atoms with van der Waals surface area (Å²) in [5, 5.41) is 19.8. The second-order valence-electron chi connectivity index (χ2n) is 5.43. The molecule has 3 rings (SSSR count). The summed E-state index contributed by atoms with van der Waals surface area (Å²) in [6, 6.07) is 12.2. The van der Waals surface area contributed by atoms with E-state index in [9.17, 15) is 22.9 Å². The number of carboxylic acid groups (broad SMARTS) is 1. The van der Waals surface area contributed by atoms with Crippen molar-refractivity contribution >= 4 is 32.5 Å². The van der Waals surface area contributed by atoms with Gasteiger partial charge in [0.1, 0.15) is 10.6 Å². The van der Waals surface area contributed by atoms with E-state index in [4.69, 9.17) is 10.8 Å². The van der Waals surface area contributed by atoms with Gasteiger partial charge in [-0.15, -0.1) is 0 Å². The lowest BCUT2D eigenvalue weighted by Crippen LogP contribution is -2.03. The largest absolute Gasteiger partial charge is 0.505 e. The lowest BCUT2D eigenvalue weighted by atomic mass is 9.99. The van der Waals surface area contributed by atoms with Crippen LogP contribution in [0.3, 0.4) is 0 Å². The van der Waals surface area contributed by atoms with Crippen LogP contribution in [0.4, 0.5) is 5.69 Å². The van der Waals surface area contributed by atoms with Gasteiger partial charge >= 0.3 is 5.97 Å². The van der Waals surface area contributed by atoms with Gasteiger partial charge in [-0.2, -0.15) is 8.42 Å². The summed E-state index contributed by atoms with van der Waals surface area (Å²) in [7, 11) is -4.56. The Bertz CT molecular complexity index is 1100. The highest BCUT2D eigenvalue weighted by Crippen LogP contribution is 2.38. The maximum atomic E-state index is 11.3. The van der Waals surface area contributed by atoms with Crippen LogP contribution in [0.1, 0.15) is 10.4 Å². The van der Waals surface area contributed by atoms with E-state index in [1.807, 2.05) is 0 Å². The molecule has 0 fully saturated rings. The van der Waals surface area contributed by atoms with E-state index in [1.165, 1.54) is 18.2 Å². The molecule has 7 nitrogen and oxygen atoms in total. The van der Waals surface area contributed by atoms with Gasteiger partial charge in [0.15, 0.2) is 0 Å². The van der Waals surface area contributed by atoms with Crippen LogP contribution in [0.2, 0.25) is 0 Å². The van der Waals surface area contributed by atoms with Crippen molar-refractivity contribution < 1.29 is 28.0 Å². The lowest BCUT2D eigenvalue weighted by molar-refractivity contribution is 0.0697. The van der Waals surface area contributed by atoms with Gasteiger partial charge < -0.3 is 15.9 Å². The number of aromatic hydroxyl groups is 1. The summed E-state index contributed by atoms with van der Waals surface area (Å²) in [5.74, 6) is -1.48. The standard InChI is InChI=1S/C17H13NO6S/c18-15-14(25(22,23)24)8-12-6-5-11(7-13(12)16(15)19)9-1-3-10(4-2-9)17(20)21/h1-8,19H,18H2,(H,20,21)(H,22,23,24). The Morgan fingerprint density at radius 3 is 2.12 bits per heavy atom. The first-order valence-corrected chi connectivity index (χ1v) is 8.49. The maximum Gasteiger partial charge on any atom is 0.335 e. The number of hydrogen-bond donors (Lipinski definition) is 4. The summed E-state index contributed by atoms with van der Waals surface area (Å²) >= 11 is 0. The normalized spacial score (nSPS) is 11.6. The molecule has 0 radical (unpaired) electrons.